The minimum Gasteiger partial charge on any atom is -0.381 e. The second-order valence-electron chi connectivity index (χ2n) is 18.5. The van der Waals surface area contributed by atoms with Crippen LogP contribution in [-0.4, -0.2) is 26.4 Å². The number of ether oxygens (including phenoxy) is 2. The van der Waals surface area contributed by atoms with Crippen LogP contribution in [0, 0.1) is 11.8 Å². The summed E-state index contributed by atoms with van der Waals surface area (Å²) >= 11 is 0. The Hall–Kier alpha value is -5.68. The van der Waals surface area contributed by atoms with Gasteiger partial charge in [-0.2, -0.15) is 0 Å². The Kier molecular flexibility index (Phi) is 7.35. The molecule has 0 spiro atoms. The molecule has 8 aromatic carbocycles. The first-order valence-electron chi connectivity index (χ1n) is 21.2. The molecule has 8 aromatic rings. The molecule has 0 atom stereocenters. The van der Waals surface area contributed by atoms with Crippen molar-refractivity contribution in [3.8, 4) is 0 Å². The average molecular weight is 757 g/mol. The molecule has 0 bridgehead atoms. The van der Waals surface area contributed by atoms with Crippen molar-refractivity contribution >= 4 is 66.4 Å². The Labute approximate surface area is 341 Å². The Morgan fingerprint density at radius 2 is 0.845 bits per heavy atom. The predicted molar refractivity (Wildman–Crippen MR) is 240 cm³/mol. The highest BCUT2D eigenvalue weighted by Crippen LogP contribution is 2.57. The van der Waals surface area contributed by atoms with Gasteiger partial charge in [-0.25, -0.2) is 0 Å². The molecule has 0 radical (unpaired) electrons. The standard InChI is InChI=1S/C54H48N2O2/c1-53(2)41-15-5-7-17-45(41)55(47-21-19-33(25-43(47)53)23-35-29-57-30-35)49-27-37-11-10-14-40-50(28-38-12-9-13-39(49)51(38)52(37)40)56-46-18-8-6-16-42(46)54(3,4)44-26-34(20-22-48(44)56)24-36-31-58-32-36/h5-22,25-28,35-36H,23-24,29-32H2,1-4H3. The van der Waals surface area contributed by atoms with Gasteiger partial charge in [0.1, 0.15) is 0 Å². The monoisotopic (exact) mass is 756 g/mol. The van der Waals surface area contributed by atoms with Crippen molar-refractivity contribution in [2.45, 2.75) is 51.4 Å². The molecule has 4 heterocycles. The fourth-order valence-electron chi connectivity index (χ4n) is 10.9. The van der Waals surface area contributed by atoms with E-state index in [0.717, 1.165) is 39.3 Å². The first-order chi connectivity index (χ1) is 28.3. The summed E-state index contributed by atoms with van der Waals surface area (Å²) in [7, 11) is 0. The number of hydrogen-bond donors (Lipinski definition) is 0. The Balaban J connectivity index is 1.08. The zero-order chi connectivity index (χ0) is 38.9. The maximum Gasteiger partial charge on any atom is 0.0546 e. The van der Waals surface area contributed by atoms with Crippen LogP contribution in [0.3, 0.4) is 0 Å². The maximum atomic E-state index is 5.56. The van der Waals surface area contributed by atoms with Gasteiger partial charge in [0.15, 0.2) is 0 Å². The molecule has 4 aliphatic heterocycles. The SMILES string of the molecule is CC1(C)c2ccccc2N(c2cc3cccc4c(N5c6ccccc6C(C)(C)c6cc(CC7COC7)ccc65)cc5cccc2c5c34)c2ccc(CC3COC3)cc21. The molecule has 0 saturated carbocycles. The summed E-state index contributed by atoms with van der Waals surface area (Å²) in [5.74, 6) is 1.22. The molecule has 0 unspecified atom stereocenters. The molecule has 2 saturated heterocycles. The smallest absolute Gasteiger partial charge is 0.0546 e. The van der Waals surface area contributed by atoms with E-state index in [1.165, 1.54) is 99.8 Å². The molecule has 4 aliphatic rings. The van der Waals surface area contributed by atoms with E-state index in [0.29, 0.717) is 11.8 Å². The highest BCUT2D eigenvalue weighted by atomic mass is 16.5. The quantitative estimate of drug-likeness (QED) is 0.158. The van der Waals surface area contributed by atoms with Crippen LogP contribution < -0.4 is 9.80 Å². The third-order valence-electron chi connectivity index (χ3n) is 14.1. The van der Waals surface area contributed by atoms with Gasteiger partial charge in [0.25, 0.3) is 0 Å². The van der Waals surface area contributed by atoms with Crippen LogP contribution in [0.4, 0.5) is 34.1 Å². The van der Waals surface area contributed by atoms with Crippen LogP contribution in [0.1, 0.15) is 61.1 Å². The van der Waals surface area contributed by atoms with Crippen molar-refractivity contribution < 1.29 is 9.47 Å². The van der Waals surface area contributed by atoms with Crippen molar-refractivity contribution in [2.24, 2.45) is 11.8 Å². The lowest BCUT2D eigenvalue weighted by molar-refractivity contribution is -0.0312. The maximum absolute atomic E-state index is 5.56. The van der Waals surface area contributed by atoms with Crippen LogP contribution >= 0.6 is 0 Å². The molecule has 0 aromatic heterocycles. The number of fused-ring (bicyclic) bond motifs is 4. The number of anilines is 6. The normalized spacial score (nSPS) is 18.1. The summed E-state index contributed by atoms with van der Waals surface area (Å²) < 4.78 is 11.1. The van der Waals surface area contributed by atoms with Gasteiger partial charge in [0.2, 0.25) is 0 Å². The van der Waals surface area contributed by atoms with E-state index >= 15 is 0 Å². The second kappa shape index (κ2) is 12.4. The minimum atomic E-state index is -0.148. The van der Waals surface area contributed by atoms with Crippen molar-refractivity contribution in [3.05, 3.63) is 167 Å². The summed E-state index contributed by atoms with van der Waals surface area (Å²) in [6.07, 6.45) is 2.12. The third kappa shape index (κ3) is 4.88. The fraction of sp³-hybridized carbons (Fsp3) is 0.259. The van der Waals surface area contributed by atoms with E-state index in [1.807, 2.05) is 0 Å². The highest BCUT2D eigenvalue weighted by Gasteiger charge is 2.40. The summed E-state index contributed by atoms with van der Waals surface area (Å²) in [6.45, 7) is 13.1. The number of para-hydroxylation sites is 2. The lowest BCUT2D eigenvalue weighted by Gasteiger charge is -2.43. The molecule has 58 heavy (non-hydrogen) atoms. The topological polar surface area (TPSA) is 24.9 Å². The molecule has 0 aliphatic carbocycles. The van der Waals surface area contributed by atoms with Gasteiger partial charge in [-0.3, -0.25) is 0 Å². The van der Waals surface area contributed by atoms with E-state index in [4.69, 9.17) is 9.47 Å². The Morgan fingerprint density at radius 1 is 0.431 bits per heavy atom. The van der Waals surface area contributed by atoms with Crippen molar-refractivity contribution in [1.82, 2.24) is 0 Å². The average Bonchev–Trinajstić information content (AvgIpc) is 3.20. The molecule has 12 rings (SSSR count). The van der Waals surface area contributed by atoms with Gasteiger partial charge in [-0.15, -0.1) is 0 Å². The first kappa shape index (κ1) is 34.4. The molecular formula is C54H48N2O2. The molecular weight excluding hydrogens is 709 g/mol. The largest absolute Gasteiger partial charge is 0.381 e. The second-order valence-corrected chi connectivity index (χ2v) is 18.5. The fourth-order valence-corrected chi connectivity index (χ4v) is 10.9. The minimum absolute atomic E-state index is 0.148. The lowest BCUT2D eigenvalue weighted by Crippen LogP contribution is -2.32. The molecule has 0 amide bonds. The lowest BCUT2D eigenvalue weighted by atomic mass is 9.72. The number of benzene rings is 8. The Bertz CT molecular complexity index is 2750. The summed E-state index contributed by atoms with van der Waals surface area (Å²) in [5.41, 5.74) is 15.5. The predicted octanol–water partition coefficient (Wildman–Crippen LogP) is 13.2. The summed E-state index contributed by atoms with van der Waals surface area (Å²) in [5, 5.41) is 7.70. The summed E-state index contributed by atoms with van der Waals surface area (Å²) in [6, 6.07) is 51.4. The van der Waals surface area contributed by atoms with Gasteiger partial charge in [-0.1, -0.05) is 125 Å². The van der Waals surface area contributed by atoms with Crippen LogP contribution in [0.2, 0.25) is 0 Å². The van der Waals surface area contributed by atoms with E-state index in [2.05, 4.69) is 171 Å². The number of hydrogen-bond acceptors (Lipinski definition) is 4. The zero-order valence-electron chi connectivity index (χ0n) is 33.8. The van der Waals surface area contributed by atoms with Crippen molar-refractivity contribution in [1.29, 1.82) is 0 Å². The first-order valence-corrected chi connectivity index (χ1v) is 21.2. The third-order valence-corrected chi connectivity index (χ3v) is 14.1. The van der Waals surface area contributed by atoms with E-state index in [-0.39, 0.29) is 10.8 Å². The van der Waals surface area contributed by atoms with E-state index < -0.39 is 0 Å². The number of rotatable bonds is 6. The molecule has 0 N–H and O–H groups in total. The van der Waals surface area contributed by atoms with Gasteiger partial charge in [-0.05, 0) is 104 Å². The van der Waals surface area contributed by atoms with Crippen LogP contribution in [0.25, 0.3) is 32.3 Å². The highest BCUT2D eigenvalue weighted by molar-refractivity contribution is 6.30. The molecule has 286 valence electrons. The van der Waals surface area contributed by atoms with Crippen molar-refractivity contribution in [2.75, 3.05) is 36.2 Å². The zero-order valence-corrected chi connectivity index (χ0v) is 33.8. The van der Waals surface area contributed by atoms with Crippen LogP contribution in [0.5, 0.6) is 0 Å². The van der Waals surface area contributed by atoms with Gasteiger partial charge < -0.3 is 19.3 Å². The van der Waals surface area contributed by atoms with E-state index in [1.54, 1.807) is 0 Å². The van der Waals surface area contributed by atoms with Gasteiger partial charge in [0, 0.05) is 33.4 Å². The van der Waals surface area contributed by atoms with Crippen molar-refractivity contribution in [3.63, 3.8) is 0 Å². The molecule has 4 nitrogen and oxygen atoms in total. The van der Waals surface area contributed by atoms with E-state index in [9.17, 15) is 0 Å². The number of nitrogens with zero attached hydrogens (tertiary/aromatic N) is 2. The molecule has 2 fully saturated rings. The summed E-state index contributed by atoms with van der Waals surface area (Å²) in [4.78, 5) is 5.12. The van der Waals surface area contributed by atoms with Gasteiger partial charge >= 0.3 is 0 Å². The van der Waals surface area contributed by atoms with Crippen LogP contribution in [0.15, 0.2) is 133 Å². The Morgan fingerprint density at radius 3 is 1.26 bits per heavy atom. The van der Waals surface area contributed by atoms with Crippen LogP contribution in [-0.2, 0) is 33.1 Å². The molecule has 4 heteroatoms. The van der Waals surface area contributed by atoms with Gasteiger partial charge in [0.05, 0.1) is 60.6 Å².